The van der Waals surface area contributed by atoms with E-state index >= 15 is 0 Å². The normalized spacial score (nSPS) is 17.7. The van der Waals surface area contributed by atoms with Crippen molar-refractivity contribution in [2.75, 3.05) is 16.8 Å². The van der Waals surface area contributed by atoms with Crippen molar-refractivity contribution in [3.8, 4) is 0 Å². The summed E-state index contributed by atoms with van der Waals surface area (Å²) in [5, 5.41) is 1.68. The van der Waals surface area contributed by atoms with Crippen LogP contribution in [0.25, 0.3) is 0 Å². The van der Waals surface area contributed by atoms with Gasteiger partial charge >= 0.3 is 0 Å². The molecule has 1 aliphatic heterocycles. The van der Waals surface area contributed by atoms with Crippen molar-refractivity contribution in [1.29, 1.82) is 0 Å². The highest BCUT2D eigenvalue weighted by Crippen LogP contribution is 2.40. The van der Waals surface area contributed by atoms with Crippen molar-refractivity contribution in [2.24, 2.45) is 0 Å². The molecule has 2 amide bonds. The van der Waals surface area contributed by atoms with Gasteiger partial charge in [-0.2, -0.15) is 0 Å². The van der Waals surface area contributed by atoms with E-state index in [-0.39, 0.29) is 29.3 Å². The quantitative estimate of drug-likeness (QED) is 0.669. The number of sulfone groups is 1. The second kappa shape index (κ2) is 8.03. The third-order valence-corrected chi connectivity index (χ3v) is 7.43. The molecule has 0 saturated carbocycles. The summed E-state index contributed by atoms with van der Waals surface area (Å²) in [6, 6.07) is 15.1. The number of amides is 2. The number of hydrogen-bond acceptors (Lipinski definition) is 5. The molecule has 0 aliphatic carbocycles. The lowest BCUT2D eigenvalue weighted by molar-refractivity contribution is -0.121. The zero-order valence-electron chi connectivity index (χ0n) is 17.2. The van der Waals surface area contributed by atoms with Crippen molar-refractivity contribution in [3.63, 3.8) is 0 Å². The number of furan rings is 1. The van der Waals surface area contributed by atoms with E-state index in [0.29, 0.717) is 5.69 Å². The van der Waals surface area contributed by atoms with Crippen LogP contribution in [0.3, 0.4) is 0 Å². The van der Waals surface area contributed by atoms with Gasteiger partial charge < -0.3 is 14.6 Å². The highest BCUT2D eigenvalue weighted by atomic mass is 32.2. The molecule has 0 saturated heterocycles. The SMILES string of the molecule is Cc1ccc(C)c(NC(=O)CN2C(=O)CC(c3ccco3)S(=O)(=O)c3ccccc32)c1. The summed E-state index contributed by atoms with van der Waals surface area (Å²) in [6.07, 6.45) is 1.06. The molecule has 3 aromatic rings. The molecule has 2 aromatic carbocycles. The van der Waals surface area contributed by atoms with Gasteiger partial charge in [-0.05, 0) is 55.3 Å². The molecule has 1 aromatic heterocycles. The average molecular weight is 439 g/mol. The van der Waals surface area contributed by atoms with E-state index in [2.05, 4.69) is 5.32 Å². The van der Waals surface area contributed by atoms with Crippen LogP contribution in [0.1, 0.15) is 28.6 Å². The Bertz CT molecular complexity index is 1250. The molecule has 0 bridgehead atoms. The molecule has 4 rings (SSSR count). The van der Waals surface area contributed by atoms with Crippen LogP contribution in [0.2, 0.25) is 0 Å². The van der Waals surface area contributed by atoms with E-state index in [1.54, 1.807) is 30.3 Å². The van der Waals surface area contributed by atoms with Gasteiger partial charge in [-0.25, -0.2) is 8.42 Å². The number of nitrogens with zero attached hydrogens (tertiary/aromatic N) is 1. The van der Waals surface area contributed by atoms with E-state index in [9.17, 15) is 18.0 Å². The Morgan fingerprint density at radius 3 is 2.65 bits per heavy atom. The zero-order chi connectivity index (χ0) is 22.2. The molecule has 7 nitrogen and oxygen atoms in total. The second-order valence-electron chi connectivity index (χ2n) is 7.57. The number of nitrogens with one attached hydrogen (secondary N) is 1. The standard InChI is InChI=1S/C23H22N2O5S/c1-15-9-10-16(2)17(12-15)24-22(26)14-25-18-6-3-4-8-20(18)31(28,29)21(13-23(25)27)19-7-5-11-30-19/h3-12,21H,13-14H2,1-2H3,(H,24,26). The first-order chi connectivity index (χ1) is 14.8. The van der Waals surface area contributed by atoms with Gasteiger partial charge in [0.15, 0.2) is 9.84 Å². The summed E-state index contributed by atoms with van der Waals surface area (Å²) in [7, 11) is -3.90. The number of benzene rings is 2. The van der Waals surface area contributed by atoms with Crippen LogP contribution in [0.5, 0.6) is 0 Å². The molecule has 1 atom stereocenters. The van der Waals surface area contributed by atoms with E-state index in [4.69, 9.17) is 4.42 Å². The number of anilines is 2. The predicted molar refractivity (Wildman–Crippen MR) is 117 cm³/mol. The van der Waals surface area contributed by atoms with Crippen LogP contribution in [-0.4, -0.2) is 26.8 Å². The van der Waals surface area contributed by atoms with Gasteiger partial charge in [-0.1, -0.05) is 24.3 Å². The van der Waals surface area contributed by atoms with Gasteiger partial charge in [-0.15, -0.1) is 0 Å². The van der Waals surface area contributed by atoms with Crippen molar-refractivity contribution >= 4 is 33.0 Å². The van der Waals surface area contributed by atoms with Gasteiger partial charge in [0.05, 0.1) is 23.3 Å². The molecular weight excluding hydrogens is 416 g/mol. The summed E-state index contributed by atoms with van der Waals surface area (Å²) < 4.78 is 32.0. The van der Waals surface area contributed by atoms with Crippen LogP contribution < -0.4 is 10.2 Å². The number of para-hydroxylation sites is 1. The van der Waals surface area contributed by atoms with E-state index < -0.39 is 26.9 Å². The highest BCUT2D eigenvalue weighted by molar-refractivity contribution is 7.91. The Kier molecular flexibility index (Phi) is 5.41. The molecule has 8 heteroatoms. The maximum absolute atomic E-state index is 13.3. The van der Waals surface area contributed by atoms with Crippen molar-refractivity contribution in [3.05, 3.63) is 77.7 Å². The number of rotatable bonds is 4. The number of carbonyl (C=O) groups is 2. The summed E-state index contributed by atoms with van der Waals surface area (Å²) in [5.41, 5.74) is 2.73. The smallest absolute Gasteiger partial charge is 0.244 e. The van der Waals surface area contributed by atoms with E-state index in [1.165, 1.54) is 17.2 Å². The average Bonchev–Trinajstić information content (AvgIpc) is 3.24. The molecule has 160 valence electrons. The van der Waals surface area contributed by atoms with E-state index in [1.807, 2.05) is 32.0 Å². The molecule has 1 unspecified atom stereocenters. The Morgan fingerprint density at radius 1 is 1.13 bits per heavy atom. The summed E-state index contributed by atoms with van der Waals surface area (Å²) in [4.78, 5) is 27.2. The molecule has 0 spiro atoms. The Labute approximate surface area is 180 Å². The first-order valence-corrected chi connectivity index (χ1v) is 11.4. The van der Waals surface area contributed by atoms with Gasteiger partial charge in [0.25, 0.3) is 0 Å². The van der Waals surface area contributed by atoms with Crippen LogP contribution >= 0.6 is 0 Å². The maximum Gasteiger partial charge on any atom is 0.244 e. The molecule has 31 heavy (non-hydrogen) atoms. The first kappa shape index (κ1) is 20.9. The fraction of sp³-hybridized carbons (Fsp3) is 0.217. The van der Waals surface area contributed by atoms with Crippen LogP contribution in [-0.2, 0) is 19.4 Å². The number of carbonyl (C=O) groups excluding carboxylic acids is 2. The Morgan fingerprint density at radius 2 is 1.90 bits per heavy atom. The summed E-state index contributed by atoms with van der Waals surface area (Å²) in [6.45, 7) is 3.49. The van der Waals surface area contributed by atoms with Gasteiger partial charge in [0.1, 0.15) is 17.6 Å². The minimum absolute atomic E-state index is 0.00165. The van der Waals surface area contributed by atoms with Crippen LogP contribution in [0.4, 0.5) is 11.4 Å². The Balaban J connectivity index is 1.69. The van der Waals surface area contributed by atoms with Gasteiger partial charge in [0, 0.05) is 5.69 Å². The topological polar surface area (TPSA) is 96.7 Å². The molecule has 0 radical (unpaired) electrons. The van der Waals surface area contributed by atoms with Gasteiger partial charge in [-0.3, -0.25) is 9.59 Å². The zero-order valence-corrected chi connectivity index (χ0v) is 18.0. The lowest BCUT2D eigenvalue weighted by Gasteiger charge is -2.22. The minimum Gasteiger partial charge on any atom is -0.468 e. The van der Waals surface area contributed by atoms with Crippen molar-refractivity contribution < 1.29 is 22.4 Å². The van der Waals surface area contributed by atoms with Crippen molar-refractivity contribution in [1.82, 2.24) is 0 Å². The number of aryl methyl sites for hydroxylation is 2. The lowest BCUT2D eigenvalue weighted by atomic mass is 10.1. The first-order valence-electron chi connectivity index (χ1n) is 9.81. The largest absolute Gasteiger partial charge is 0.468 e. The predicted octanol–water partition coefficient (Wildman–Crippen LogP) is 3.79. The third-order valence-electron chi connectivity index (χ3n) is 5.33. The number of fused-ring (bicyclic) bond motifs is 1. The van der Waals surface area contributed by atoms with E-state index in [0.717, 1.165) is 11.1 Å². The van der Waals surface area contributed by atoms with Gasteiger partial charge in [0.2, 0.25) is 11.8 Å². The fourth-order valence-electron chi connectivity index (χ4n) is 3.69. The van der Waals surface area contributed by atoms with Crippen molar-refractivity contribution in [2.45, 2.75) is 30.4 Å². The van der Waals surface area contributed by atoms with Crippen LogP contribution in [0, 0.1) is 13.8 Å². The number of hydrogen-bond donors (Lipinski definition) is 1. The summed E-state index contributed by atoms with van der Waals surface area (Å²) >= 11 is 0. The highest BCUT2D eigenvalue weighted by Gasteiger charge is 2.41. The molecular formula is C23H22N2O5S. The Hall–Kier alpha value is -3.39. The maximum atomic E-state index is 13.3. The summed E-state index contributed by atoms with van der Waals surface area (Å²) in [5.74, 6) is -0.679. The molecule has 2 heterocycles. The molecule has 1 aliphatic rings. The minimum atomic E-state index is -3.90. The van der Waals surface area contributed by atoms with Crippen LogP contribution in [0.15, 0.2) is 70.2 Å². The fourth-order valence-corrected chi connectivity index (χ4v) is 5.54. The molecule has 0 fully saturated rings. The second-order valence-corrected chi connectivity index (χ2v) is 9.67. The molecule has 1 N–H and O–H groups in total. The third kappa shape index (κ3) is 3.98. The monoisotopic (exact) mass is 438 g/mol. The lowest BCUT2D eigenvalue weighted by Crippen LogP contribution is -2.38.